The van der Waals surface area contributed by atoms with E-state index in [9.17, 15) is 22.8 Å². The summed E-state index contributed by atoms with van der Waals surface area (Å²) in [5, 5.41) is 7.84. The minimum Gasteiger partial charge on any atom is -0.497 e. The van der Waals surface area contributed by atoms with Crippen molar-refractivity contribution in [3.05, 3.63) is 94.9 Å². The van der Waals surface area contributed by atoms with E-state index in [0.29, 0.717) is 18.7 Å². The fourth-order valence-corrected chi connectivity index (χ4v) is 5.23. The van der Waals surface area contributed by atoms with Crippen molar-refractivity contribution in [3.63, 3.8) is 0 Å². The number of hydrogen-bond acceptors (Lipinski definition) is 6. The SMILES string of the molecule is COc1ccc(Cn2nc(C3=CCCO3)c3ccc(CC(=O)Cc4ccnc(C(=O)NC5(C(F)(F)F)CC5)c4)cc32)cc1. The van der Waals surface area contributed by atoms with Crippen LogP contribution in [0.15, 0.2) is 66.9 Å². The van der Waals surface area contributed by atoms with Crippen LogP contribution >= 0.6 is 0 Å². The first kappa shape index (κ1) is 28.4. The van der Waals surface area contributed by atoms with Gasteiger partial charge in [0.1, 0.15) is 34.2 Å². The standard InChI is InChI=1S/C32H29F3N4O4/c1-42-24-7-4-20(5-8-24)19-39-27-18-21(6-9-25(27)29(38-39)28-3-2-14-43-28)15-23(40)16-22-10-13-36-26(17-22)30(41)37-31(11-12-31)32(33,34)35/h3-10,13,17-18H,2,11-12,14-16,19H2,1H3,(H,37,41). The highest BCUT2D eigenvalue weighted by molar-refractivity contribution is 5.94. The maximum atomic E-state index is 13.3. The number of nitrogens with zero attached hydrogens (tertiary/aromatic N) is 3. The number of ether oxygens (including phenoxy) is 2. The second kappa shape index (κ2) is 11.2. The lowest BCUT2D eigenvalue weighted by Gasteiger charge is -2.20. The van der Waals surface area contributed by atoms with Gasteiger partial charge in [0.25, 0.3) is 5.91 Å². The smallest absolute Gasteiger partial charge is 0.411 e. The molecule has 6 rings (SSSR count). The van der Waals surface area contributed by atoms with Crippen LogP contribution in [0, 0.1) is 0 Å². The van der Waals surface area contributed by atoms with E-state index in [-0.39, 0.29) is 37.2 Å². The van der Waals surface area contributed by atoms with Crippen LogP contribution in [-0.2, 0) is 28.9 Å². The molecule has 1 amide bonds. The zero-order valence-corrected chi connectivity index (χ0v) is 23.4. The molecule has 1 fully saturated rings. The molecule has 0 unspecified atom stereocenters. The summed E-state index contributed by atoms with van der Waals surface area (Å²) in [4.78, 5) is 29.5. The molecule has 1 aliphatic heterocycles. The van der Waals surface area contributed by atoms with E-state index in [1.165, 1.54) is 12.3 Å². The van der Waals surface area contributed by atoms with Gasteiger partial charge in [-0.25, -0.2) is 0 Å². The Morgan fingerprint density at radius 1 is 1.02 bits per heavy atom. The highest BCUT2D eigenvalue weighted by Crippen LogP contribution is 2.49. The average molecular weight is 591 g/mol. The second-order valence-corrected chi connectivity index (χ2v) is 10.9. The molecule has 1 saturated carbocycles. The van der Waals surface area contributed by atoms with Crippen LogP contribution in [0.25, 0.3) is 16.7 Å². The highest BCUT2D eigenvalue weighted by Gasteiger charge is 2.64. The number of methoxy groups -OCH3 is 1. The number of amides is 1. The number of nitrogens with one attached hydrogen (secondary N) is 1. The fraction of sp³-hybridized carbons (Fsp3) is 0.312. The van der Waals surface area contributed by atoms with Crippen molar-refractivity contribution in [2.24, 2.45) is 0 Å². The largest absolute Gasteiger partial charge is 0.497 e. The Bertz CT molecular complexity index is 1720. The number of pyridine rings is 1. The monoisotopic (exact) mass is 590 g/mol. The lowest BCUT2D eigenvalue weighted by atomic mass is 10.0. The molecule has 1 aliphatic carbocycles. The summed E-state index contributed by atoms with van der Waals surface area (Å²) in [7, 11) is 1.62. The summed E-state index contributed by atoms with van der Waals surface area (Å²) < 4.78 is 52.8. The minimum atomic E-state index is -4.52. The molecular formula is C32H29F3N4O4. The molecule has 222 valence electrons. The van der Waals surface area contributed by atoms with Gasteiger partial charge in [-0.05, 0) is 65.9 Å². The first-order chi connectivity index (χ1) is 20.6. The lowest BCUT2D eigenvalue weighted by Crippen LogP contribution is -2.48. The van der Waals surface area contributed by atoms with Gasteiger partial charge in [-0.2, -0.15) is 18.3 Å². The van der Waals surface area contributed by atoms with E-state index in [2.05, 4.69) is 10.3 Å². The molecule has 2 aromatic carbocycles. The molecule has 0 spiro atoms. The van der Waals surface area contributed by atoms with Crippen molar-refractivity contribution in [3.8, 4) is 5.75 Å². The normalized spacial score (nSPS) is 15.6. The molecule has 11 heteroatoms. The number of benzene rings is 2. The van der Waals surface area contributed by atoms with Gasteiger partial charge in [-0.3, -0.25) is 19.3 Å². The second-order valence-electron chi connectivity index (χ2n) is 10.9. The van der Waals surface area contributed by atoms with Crippen molar-refractivity contribution >= 4 is 28.4 Å². The minimum absolute atomic E-state index is 0.00232. The number of carbonyl (C=O) groups excluding carboxylic acids is 2. The summed E-state index contributed by atoms with van der Waals surface area (Å²) >= 11 is 0. The molecule has 3 heterocycles. The van der Waals surface area contributed by atoms with Gasteiger partial charge in [0.2, 0.25) is 0 Å². The molecule has 2 aromatic heterocycles. The number of fused-ring (bicyclic) bond motifs is 1. The first-order valence-electron chi connectivity index (χ1n) is 14.0. The Balaban J connectivity index is 1.19. The number of hydrogen-bond donors (Lipinski definition) is 1. The molecule has 1 N–H and O–H groups in total. The molecule has 4 aromatic rings. The van der Waals surface area contributed by atoms with Crippen molar-refractivity contribution in [1.82, 2.24) is 20.1 Å². The van der Waals surface area contributed by atoms with Crippen LogP contribution < -0.4 is 10.1 Å². The molecule has 0 bridgehead atoms. The maximum Gasteiger partial charge on any atom is 0.411 e. The fourth-order valence-electron chi connectivity index (χ4n) is 5.23. The third-order valence-corrected chi connectivity index (χ3v) is 7.75. The van der Waals surface area contributed by atoms with Crippen LogP contribution in [0.3, 0.4) is 0 Å². The number of halogens is 3. The number of alkyl halides is 3. The molecule has 0 radical (unpaired) electrons. The summed E-state index contributed by atoms with van der Waals surface area (Å²) in [5.74, 6) is 0.476. The third-order valence-electron chi connectivity index (χ3n) is 7.75. The van der Waals surface area contributed by atoms with Gasteiger partial charge in [0, 0.05) is 30.8 Å². The number of rotatable bonds is 10. The van der Waals surface area contributed by atoms with Crippen LogP contribution in [0.4, 0.5) is 13.2 Å². The Morgan fingerprint density at radius 2 is 1.74 bits per heavy atom. The van der Waals surface area contributed by atoms with E-state index >= 15 is 0 Å². The summed E-state index contributed by atoms with van der Waals surface area (Å²) in [5.41, 5.74) is 1.58. The van der Waals surface area contributed by atoms with Gasteiger partial charge in [-0.1, -0.05) is 24.3 Å². The Hall–Kier alpha value is -4.67. The number of carbonyl (C=O) groups is 2. The van der Waals surface area contributed by atoms with Crippen molar-refractivity contribution in [2.45, 2.75) is 50.4 Å². The molecule has 43 heavy (non-hydrogen) atoms. The quantitative estimate of drug-likeness (QED) is 0.265. The van der Waals surface area contributed by atoms with Crippen molar-refractivity contribution < 1.29 is 32.2 Å². The molecule has 2 aliphatic rings. The van der Waals surface area contributed by atoms with E-state index in [4.69, 9.17) is 14.6 Å². The van der Waals surface area contributed by atoms with E-state index in [1.54, 1.807) is 13.2 Å². The molecular weight excluding hydrogens is 561 g/mol. The topological polar surface area (TPSA) is 95.3 Å². The number of ketones is 1. The van der Waals surface area contributed by atoms with Gasteiger partial charge in [-0.15, -0.1) is 0 Å². The maximum absolute atomic E-state index is 13.3. The first-order valence-corrected chi connectivity index (χ1v) is 14.0. The molecule has 0 atom stereocenters. The molecule has 8 nitrogen and oxygen atoms in total. The summed E-state index contributed by atoms with van der Waals surface area (Å²) in [6.07, 6.45) is -0.545. The van der Waals surface area contributed by atoms with Crippen molar-refractivity contribution in [2.75, 3.05) is 13.7 Å². The predicted molar refractivity (Wildman–Crippen MR) is 153 cm³/mol. The summed E-state index contributed by atoms with van der Waals surface area (Å²) in [6, 6.07) is 16.5. The number of aromatic nitrogens is 3. The Morgan fingerprint density at radius 3 is 2.40 bits per heavy atom. The third kappa shape index (κ3) is 5.97. The van der Waals surface area contributed by atoms with Crippen LogP contribution in [0.1, 0.15) is 52.1 Å². The van der Waals surface area contributed by atoms with Gasteiger partial charge in [0.05, 0.1) is 25.8 Å². The van der Waals surface area contributed by atoms with E-state index in [0.717, 1.165) is 45.7 Å². The van der Waals surface area contributed by atoms with Crippen LogP contribution in [-0.4, -0.2) is 51.9 Å². The summed E-state index contributed by atoms with van der Waals surface area (Å²) in [6.45, 7) is 1.11. The zero-order valence-electron chi connectivity index (χ0n) is 23.4. The Kier molecular flexibility index (Phi) is 7.41. The average Bonchev–Trinajstić information content (AvgIpc) is 3.42. The Labute approximate surface area is 245 Å². The van der Waals surface area contributed by atoms with Gasteiger partial charge < -0.3 is 14.8 Å². The van der Waals surface area contributed by atoms with Crippen LogP contribution in [0.2, 0.25) is 0 Å². The molecule has 0 saturated heterocycles. The zero-order chi connectivity index (χ0) is 30.2. The predicted octanol–water partition coefficient (Wildman–Crippen LogP) is 5.43. The van der Waals surface area contributed by atoms with Gasteiger partial charge in [0.15, 0.2) is 0 Å². The van der Waals surface area contributed by atoms with Gasteiger partial charge >= 0.3 is 6.18 Å². The van der Waals surface area contributed by atoms with E-state index < -0.39 is 17.6 Å². The highest BCUT2D eigenvalue weighted by atomic mass is 19.4. The lowest BCUT2D eigenvalue weighted by molar-refractivity contribution is -0.163. The van der Waals surface area contributed by atoms with Crippen LogP contribution in [0.5, 0.6) is 5.75 Å². The number of Topliss-reactive ketones (excluding diaryl/α,β-unsaturated/α-hetero) is 1. The van der Waals surface area contributed by atoms with Crippen molar-refractivity contribution in [1.29, 1.82) is 0 Å². The van der Waals surface area contributed by atoms with E-state index in [1.807, 2.05) is 53.2 Å².